The molecule has 1 fully saturated rings. The van der Waals surface area contributed by atoms with Crippen LogP contribution in [0.25, 0.3) is 0 Å². The zero-order valence-corrected chi connectivity index (χ0v) is 16.1. The lowest BCUT2D eigenvalue weighted by molar-refractivity contribution is 0.218. The summed E-state index contributed by atoms with van der Waals surface area (Å²) < 4.78 is 1.20. The monoisotopic (exact) mass is 416 g/mol. The van der Waals surface area contributed by atoms with Crippen molar-refractivity contribution < 1.29 is 5.11 Å². The molecule has 124 valence electrons. The maximum absolute atomic E-state index is 10.2. The number of piperidine rings is 1. The van der Waals surface area contributed by atoms with Crippen molar-refractivity contribution >= 4 is 22.6 Å². The molecule has 0 atom stereocenters. The van der Waals surface area contributed by atoms with Crippen LogP contribution in [0, 0.1) is 10.5 Å². The number of likely N-dealkylation sites (tertiary alicyclic amines) is 1. The number of benzene rings is 1. The fourth-order valence-corrected chi connectivity index (χ4v) is 4.04. The highest BCUT2D eigenvalue weighted by molar-refractivity contribution is 14.1. The van der Waals surface area contributed by atoms with Crippen LogP contribution in [0.15, 0.2) is 12.1 Å². The summed E-state index contributed by atoms with van der Waals surface area (Å²) in [7, 11) is 2.15. The number of phenols is 1. The molecule has 1 aromatic rings. The van der Waals surface area contributed by atoms with Crippen LogP contribution in [0.1, 0.15) is 43.2 Å². The third kappa shape index (κ3) is 5.70. The van der Waals surface area contributed by atoms with E-state index in [1.807, 2.05) is 13.0 Å². The molecule has 1 saturated heterocycles. The van der Waals surface area contributed by atoms with E-state index in [0.29, 0.717) is 5.75 Å². The van der Waals surface area contributed by atoms with Gasteiger partial charge in [0, 0.05) is 15.7 Å². The molecule has 0 aromatic heterocycles. The van der Waals surface area contributed by atoms with Crippen LogP contribution in [0.5, 0.6) is 5.75 Å². The van der Waals surface area contributed by atoms with Crippen molar-refractivity contribution in [3.8, 4) is 5.75 Å². The fourth-order valence-electron chi connectivity index (χ4n) is 3.20. The maximum Gasteiger partial charge on any atom is 0.123 e. The summed E-state index contributed by atoms with van der Waals surface area (Å²) >= 11 is 2.32. The zero-order valence-electron chi connectivity index (χ0n) is 13.9. The van der Waals surface area contributed by atoms with Crippen molar-refractivity contribution in [1.82, 2.24) is 9.80 Å². The quantitative estimate of drug-likeness (QED) is 0.538. The van der Waals surface area contributed by atoms with Crippen molar-refractivity contribution in [1.29, 1.82) is 0 Å². The highest BCUT2D eigenvalue weighted by Gasteiger charge is 2.11. The SMILES string of the molecule is Cc1cc(I)cc(CN(C)CCCCN2CCCCC2)c1O. The first-order valence-corrected chi connectivity index (χ1v) is 9.53. The summed E-state index contributed by atoms with van der Waals surface area (Å²) in [5, 5.41) is 10.2. The summed E-state index contributed by atoms with van der Waals surface area (Å²) in [6.07, 6.45) is 6.69. The van der Waals surface area contributed by atoms with E-state index in [1.165, 1.54) is 55.3 Å². The van der Waals surface area contributed by atoms with Crippen LogP contribution in [0.4, 0.5) is 0 Å². The van der Waals surface area contributed by atoms with Gasteiger partial charge in [-0.2, -0.15) is 0 Å². The summed E-state index contributed by atoms with van der Waals surface area (Å²) in [5.41, 5.74) is 2.02. The van der Waals surface area contributed by atoms with Gasteiger partial charge in [0.05, 0.1) is 0 Å². The lowest BCUT2D eigenvalue weighted by atomic mass is 10.1. The van der Waals surface area contributed by atoms with Gasteiger partial charge >= 0.3 is 0 Å². The molecule has 0 saturated carbocycles. The predicted octanol–water partition coefficient (Wildman–Crippen LogP) is 4.00. The number of phenolic OH excluding ortho intramolecular Hbond substituents is 1. The normalized spacial score (nSPS) is 16.4. The molecule has 1 heterocycles. The van der Waals surface area contributed by atoms with Gasteiger partial charge in [-0.1, -0.05) is 6.42 Å². The molecule has 1 aliphatic heterocycles. The molecule has 3 nitrogen and oxygen atoms in total. The zero-order chi connectivity index (χ0) is 15.9. The molecule has 0 radical (unpaired) electrons. The van der Waals surface area contributed by atoms with E-state index in [2.05, 4.69) is 45.5 Å². The van der Waals surface area contributed by atoms with Crippen molar-refractivity contribution in [2.45, 2.75) is 45.6 Å². The molecule has 0 spiro atoms. The Bertz CT molecular complexity index is 472. The number of aromatic hydroxyl groups is 1. The lowest BCUT2D eigenvalue weighted by Gasteiger charge is -2.26. The molecule has 0 aliphatic carbocycles. The molecular weight excluding hydrogens is 387 g/mol. The average Bonchev–Trinajstić information content (AvgIpc) is 2.50. The highest BCUT2D eigenvalue weighted by Crippen LogP contribution is 2.25. The van der Waals surface area contributed by atoms with Crippen molar-refractivity contribution in [2.24, 2.45) is 0 Å². The van der Waals surface area contributed by atoms with Crippen LogP contribution in [-0.4, -0.2) is 48.1 Å². The third-order valence-corrected chi connectivity index (χ3v) is 5.12. The van der Waals surface area contributed by atoms with E-state index in [1.54, 1.807) is 0 Å². The molecule has 4 heteroatoms. The van der Waals surface area contributed by atoms with Crippen LogP contribution < -0.4 is 0 Å². The molecule has 1 N–H and O–H groups in total. The Morgan fingerprint density at radius 3 is 2.64 bits per heavy atom. The van der Waals surface area contributed by atoms with E-state index >= 15 is 0 Å². The van der Waals surface area contributed by atoms with Gasteiger partial charge in [-0.05, 0) is 106 Å². The number of rotatable bonds is 7. The van der Waals surface area contributed by atoms with Gasteiger partial charge in [0.25, 0.3) is 0 Å². The number of unbranched alkanes of at least 4 members (excludes halogenated alkanes) is 1. The first-order valence-electron chi connectivity index (χ1n) is 8.45. The molecule has 0 amide bonds. The molecule has 1 aromatic carbocycles. The Kier molecular flexibility index (Phi) is 7.44. The predicted molar refractivity (Wildman–Crippen MR) is 101 cm³/mol. The van der Waals surface area contributed by atoms with E-state index in [0.717, 1.165) is 24.2 Å². The summed E-state index contributed by atoms with van der Waals surface area (Å²) in [5.74, 6) is 0.459. The largest absolute Gasteiger partial charge is 0.507 e. The minimum absolute atomic E-state index is 0.459. The van der Waals surface area contributed by atoms with E-state index in [9.17, 15) is 5.11 Å². The van der Waals surface area contributed by atoms with E-state index in [-0.39, 0.29) is 0 Å². The maximum atomic E-state index is 10.2. The topological polar surface area (TPSA) is 26.7 Å². The summed E-state index contributed by atoms with van der Waals surface area (Å²) in [6.45, 7) is 7.74. The fraction of sp³-hybridized carbons (Fsp3) is 0.667. The second kappa shape index (κ2) is 9.08. The van der Waals surface area contributed by atoms with Crippen molar-refractivity contribution in [2.75, 3.05) is 33.2 Å². The van der Waals surface area contributed by atoms with Crippen LogP contribution >= 0.6 is 22.6 Å². The second-order valence-electron chi connectivity index (χ2n) is 6.58. The molecule has 0 bridgehead atoms. The van der Waals surface area contributed by atoms with Crippen LogP contribution in [-0.2, 0) is 6.54 Å². The summed E-state index contributed by atoms with van der Waals surface area (Å²) in [6, 6.07) is 4.12. The number of aryl methyl sites for hydroxylation is 1. The first-order chi connectivity index (χ1) is 10.6. The number of hydrogen-bond donors (Lipinski definition) is 1. The first kappa shape index (κ1) is 18.0. The van der Waals surface area contributed by atoms with Crippen LogP contribution in [0.2, 0.25) is 0 Å². The van der Waals surface area contributed by atoms with Gasteiger partial charge in [0.2, 0.25) is 0 Å². The number of nitrogens with zero attached hydrogens (tertiary/aromatic N) is 2. The Morgan fingerprint density at radius 2 is 1.91 bits per heavy atom. The highest BCUT2D eigenvalue weighted by atomic mass is 127. The Morgan fingerprint density at radius 1 is 1.18 bits per heavy atom. The van der Waals surface area contributed by atoms with Gasteiger partial charge in [-0.25, -0.2) is 0 Å². The summed E-state index contributed by atoms with van der Waals surface area (Å²) in [4.78, 5) is 4.93. The lowest BCUT2D eigenvalue weighted by Crippen LogP contribution is -2.31. The molecule has 0 unspecified atom stereocenters. The standard InChI is InChI=1S/C18H29IN2O/c1-15-12-17(19)13-16(18(15)22)14-20(2)8-6-7-11-21-9-4-3-5-10-21/h12-13,22H,3-11,14H2,1-2H3. The van der Waals surface area contributed by atoms with Crippen molar-refractivity contribution in [3.63, 3.8) is 0 Å². The van der Waals surface area contributed by atoms with Crippen LogP contribution in [0.3, 0.4) is 0 Å². The van der Waals surface area contributed by atoms with Gasteiger partial charge in [-0.15, -0.1) is 0 Å². The third-order valence-electron chi connectivity index (χ3n) is 4.50. The number of hydrogen-bond acceptors (Lipinski definition) is 3. The van der Waals surface area contributed by atoms with Gasteiger partial charge in [-0.3, -0.25) is 0 Å². The van der Waals surface area contributed by atoms with E-state index < -0.39 is 0 Å². The molecule has 22 heavy (non-hydrogen) atoms. The molecular formula is C18H29IN2O. The average molecular weight is 416 g/mol. The van der Waals surface area contributed by atoms with Gasteiger partial charge < -0.3 is 14.9 Å². The number of halogens is 1. The van der Waals surface area contributed by atoms with Crippen molar-refractivity contribution in [3.05, 3.63) is 26.8 Å². The molecule has 2 rings (SSSR count). The Labute approximate surface area is 148 Å². The van der Waals surface area contributed by atoms with Gasteiger partial charge in [0.15, 0.2) is 0 Å². The smallest absolute Gasteiger partial charge is 0.123 e. The second-order valence-corrected chi connectivity index (χ2v) is 7.82. The Balaban J connectivity index is 1.70. The van der Waals surface area contributed by atoms with E-state index in [4.69, 9.17) is 0 Å². The molecule has 1 aliphatic rings. The minimum Gasteiger partial charge on any atom is -0.507 e. The Hall–Kier alpha value is -0.330. The minimum atomic E-state index is 0.459. The van der Waals surface area contributed by atoms with Gasteiger partial charge in [0.1, 0.15) is 5.75 Å².